The molecule has 0 aliphatic carbocycles. The lowest BCUT2D eigenvalue weighted by molar-refractivity contribution is 0.397. The van der Waals surface area contributed by atoms with Crippen molar-refractivity contribution in [3.8, 4) is 0 Å². The van der Waals surface area contributed by atoms with E-state index in [2.05, 4.69) is 15.9 Å². The van der Waals surface area contributed by atoms with Gasteiger partial charge in [0.05, 0.1) is 4.16 Å². The highest BCUT2D eigenvalue weighted by molar-refractivity contribution is 9.12. The fourth-order valence-electron chi connectivity index (χ4n) is 0.189. The first kappa shape index (κ1) is 8.98. The maximum atomic E-state index is 10.1. The second-order valence-corrected chi connectivity index (χ2v) is 7.08. The van der Waals surface area contributed by atoms with Crippen molar-refractivity contribution >= 4 is 34.1 Å². The lowest BCUT2D eigenvalue weighted by Gasteiger charge is -2.02. The third-order valence-corrected chi connectivity index (χ3v) is 4.05. The first-order valence-electron chi connectivity index (χ1n) is 1.80. The summed E-state index contributed by atoms with van der Waals surface area (Å²) in [6.07, 6.45) is 0. The van der Waals surface area contributed by atoms with Crippen LogP contribution in [0.25, 0.3) is 0 Å². The van der Waals surface area contributed by atoms with Crippen molar-refractivity contribution in [3.63, 3.8) is 0 Å². The lowest BCUT2D eigenvalue weighted by Crippen LogP contribution is -1.79. The lowest BCUT2D eigenvalue weighted by atomic mass is 11.0. The Balaban J connectivity index is 3.56. The first-order chi connectivity index (χ1) is 3.42. The van der Waals surface area contributed by atoms with Crippen molar-refractivity contribution < 1.29 is 14.4 Å². The summed E-state index contributed by atoms with van der Waals surface area (Å²) in [6, 6.07) is 0. The summed E-state index contributed by atoms with van der Waals surface area (Å²) >= 11 is 3.58. The Kier molecular flexibility index (Phi) is 3.62. The first-order valence-corrected chi connectivity index (χ1v) is 5.81. The van der Waals surface area contributed by atoms with Crippen LogP contribution < -0.4 is 0 Å². The van der Waals surface area contributed by atoms with Gasteiger partial charge in [0.1, 0.15) is 0 Å². The van der Waals surface area contributed by atoms with E-state index in [1.807, 2.05) is 0 Å². The highest BCUT2D eigenvalue weighted by atomic mass is 79.9. The molecule has 0 rings (SSSR count). The molecule has 8 heavy (non-hydrogen) atoms. The molecule has 1 unspecified atom stereocenters. The van der Waals surface area contributed by atoms with E-state index in [4.69, 9.17) is 9.79 Å². The molecule has 0 aromatic heterocycles. The van der Waals surface area contributed by atoms with E-state index in [-0.39, 0.29) is 4.16 Å². The molecular weight excluding hydrogens is 215 g/mol. The van der Waals surface area contributed by atoms with Crippen molar-refractivity contribution in [2.75, 3.05) is 0 Å². The number of hydrogen-bond donors (Lipinski definition) is 2. The molecule has 0 aliphatic rings. The molecule has 0 heterocycles. The second-order valence-electron chi connectivity index (χ2n) is 1.14. The Hall–Kier alpha value is 0.980. The monoisotopic (exact) mass is 220 g/mol. The fraction of sp³-hybridized carbons (Fsp3) is 1.00. The van der Waals surface area contributed by atoms with Crippen LogP contribution in [-0.2, 0) is 4.57 Å². The van der Waals surface area contributed by atoms with Gasteiger partial charge in [-0.3, -0.25) is 0 Å². The summed E-state index contributed by atoms with van der Waals surface area (Å²) in [5, 5.41) is 0. The Morgan fingerprint density at radius 3 is 2.12 bits per heavy atom. The second kappa shape index (κ2) is 3.22. The quantitative estimate of drug-likeness (QED) is 0.548. The van der Waals surface area contributed by atoms with Crippen LogP contribution in [-0.4, -0.2) is 13.9 Å². The fourth-order valence-corrected chi connectivity index (χ4v) is 3.66. The minimum absolute atomic E-state index is 0.191. The molecule has 0 radical (unpaired) electrons. The van der Waals surface area contributed by atoms with Gasteiger partial charge in [0.25, 0.3) is 0 Å². The molecule has 0 spiro atoms. The third kappa shape index (κ3) is 6.98. The third-order valence-electron chi connectivity index (χ3n) is 0.283. The van der Waals surface area contributed by atoms with Gasteiger partial charge >= 0.3 is 6.80 Å². The smallest absolute Gasteiger partial charge is 0.317 e. The maximum absolute atomic E-state index is 10.1. The summed E-state index contributed by atoms with van der Waals surface area (Å²) in [5.74, 6) is 0. The average Bonchev–Trinajstić information content (AvgIpc) is 1.21. The van der Waals surface area contributed by atoms with E-state index < -0.39 is 6.80 Å². The minimum atomic E-state index is -3.85. The predicted octanol–water partition coefficient (Wildman–Crippen LogP) is 1.55. The molecular formula is C2H6BrO3PS. The molecule has 6 heteroatoms. The highest BCUT2D eigenvalue weighted by Gasteiger charge is 2.16. The summed E-state index contributed by atoms with van der Waals surface area (Å²) in [6.45, 7) is -2.20. The van der Waals surface area contributed by atoms with E-state index >= 15 is 0 Å². The molecule has 0 fully saturated rings. The Morgan fingerprint density at radius 1 is 1.75 bits per heavy atom. The molecule has 0 saturated heterocycles. The topological polar surface area (TPSA) is 57.5 Å². The van der Waals surface area contributed by atoms with E-state index in [0.717, 1.165) is 0 Å². The van der Waals surface area contributed by atoms with Gasteiger partial charge in [-0.1, -0.05) is 15.9 Å². The van der Waals surface area contributed by atoms with Crippen molar-refractivity contribution in [1.29, 1.82) is 0 Å². The van der Waals surface area contributed by atoms with Crippen LogP contribution in [0.3, 0.4) is 0 Å². The van der Waals surface area contributed by atoms with Crippen molar-refractivity contribution in [3.05, 3.63) is 0 Å². The normalized spacial score (nSPS) is 16.0. The molecule has 0 saturated carbocycles. The largest absolute Gasteiger partial charge is 0.385 e. The molecule has 3 nitrogen and oxygen atoms in total. The van der Waals surface area contributed by atoms with Gasteiger partial charge in [-0.15, -0.1) is 0 Å². The van der Waals surface area contributed by atoms with Crippen LogP contribution in [0, 0.1) is 0 Å². The van der Waals surface area contributed by atoms with Crippen LogP contribution in [0.4, 0.5) is 0 Å². The number of rotatable bonds is 2. The SMILES string of the molecule is CC(Br)SP(=O)(O)O. The Bertz CT molecular complexity index is 110. The molecule has 0 amide bonds. The van der Waals surface area contributed by atoms with Crippen LogP contribution in [0.5, 0.6) is 0 Å². The van der Waals surface area contributed by atoms with E-state index in [1.54, 1.807) is 6.92 Å². The average molecular weight is 221 g/mol. The van der Waals surface area contributed by atoms with Gasteiger partial charge in [-0.25, -0.2) is 4.57 Å². The van der Waals surface area contributed by atoms with E-state index in [9.17, 15) is 4.57 Å². The summed E-state index contributed by atoms with van der Waals surface area (Å²) < 4.78 is 9.88. The zero-order valence-corrected chi connectivity index (χ0v) is 7.41. The Morgan fingerprint density at radius 2 is 2.12 bits per heavy atom. The standard InChI is InChI=1S/C2H6BrO3PS/c1-2(3)8-7(4,5)6/h2H,1H3,(H2,4,5,6). The number of alkyl halides is 1. The molecule has 0 aromatic carbocycles. The van der Waals surface area contributed by atoms with Gasteiger partial charge in [-0.05, 0) is 18.3 Å². The van der Waals surface area contributed by atoms with Gasteiger partial charge in [-0.2, -0.15) is 0 Å². The van der Waals surface area contributed by atoms with Crippen LogP contribution in [0.1, 0.15) is 6.92 Å². The zero-order chi connectivity index (χ0) is 6.78. The van der Waals surface area contributed by atoms with Gasteiger partial charge in [0.15, 0.2) is 0 Å². The molecule has 50 valence electrons. The zero-order valence-electron chi connectivity index (χ0n) is 4.11. The minimum Gasteiger partial charge on any atom is -0.317 e. The number of hydrogen-bond acceptors (Lipinski definition) is 2. The summed E-state index contributed by atoms with van der Waals surface area (Å²) in [4.78, 5) is 16.5. The molecule has 0 bridgehead atoms. The van der Waals surface area contributed by atoms with Crippen LogP contribution >= 0.6 is 34.1 Å². The van der Waals surface area contributed by atoms with Gasteiger partial charge < -0.3 is 9.79 Å². The number of halogens is 1. The summed E-state index contributed by atoms with van der Waals surface area (Å²) in [7, 11) is 0. The molecule has 2 N–H and O–H groups in total. The van der Waals surface area contributed by atoms with E-state index in [0.29, 0.717) is 11.4 Å². The van der Waals surface area contributed by atoms with Crippen LogP contribution in [0.15, 0.2) is 0 Å². The van der Waals surface area contributed by atoms with Crippen LogP contribution in [0.2, 0.25) is 0 Å². The predicted molar refractivity (Wildman–Crippen MR) is 38.0 cm³/mol. The van der Waals surface area contributed by atoms with Gasteiger partial charge in [0.2, 0.25) is 0 Å². The highest BCUT2D eigenvalue weighted by Crippen LogP contribution is 2.53. The summed E-state index contributed by atoms with van der Waals surface area (Å²) in [5.41, 5.74) is 0. The molecule has 0 aliphatic heterocycles. The Labute approximate surface area is 59.9 Å². The van der Waals surface area contributed by atoms with Gasteiger partial charge in [0, 0.05) is 0 Å². The van der Waals surface area contributed by atoms with Crippen molar-refractivity contribution in [2.45, 2.75) is 11.1 Å². The molecule has 1 atom stereocenters. The van der Waals surface area contributed by atoms with Crippen molar-refractivity contribution in [2.24, 2.45) is 0 Å². The van der Waals surface area contributed by atoms with Crippen molar-refractivity contribution in [1.82, 2.24) is 0 Å². The molecule has 0 aromatic rings. The maximum Gasteiger partial charge on any atom is 0.385 e. The van der Waals surface area contributed by atoms with E-state index in [1.165, 1.54) is 0 Å².